The first-order valence-corrected chi connectivity index (χ1v) is 17.3. The number of carbonyl (C=O) groups is 2. The molecule has 0 radical (unpaired) electrons. The van der Waals surface area contributed by atoms with Gasteiger partial charge >= 0.3 is 6.09 Å². The van der Waals surface area contributed by atoms with Crippen molar-refractivity contribution in [3.63, 3.8) is 0 Å². The van der Waals surface area contributed by atoms with Gasteiger partial charge in [-0.2, -0.15) is 10.4 Å². The first kappa shape index (κ1) is 33.5. The highest BCUT2D eigenvalue weighted by atomic mass is 16.6. The van der Waals surface area contributed by atoms with Gasteiger partial charge in [0.25, 0.3) is 0 Å². The largest absolute Gasteiger partial charge is 0.495 e. The van der Waals surface area contributed by atoms with Crippen LogP contribution in [0.5, 0.6) is 5.75 Å². The van der Waals surface area contributed by atoms with E-state index in [9.17, 15) is 20.0 Å². The molecular weight excluding hydrogens is 608 g/mol. The molecule has 11 nitrogen and oxygen atoms in total. The topological polar surface area (TPSA) is 134 Å². The van der Waals surface area contributed by atoms with Gasteiger partial charge in [0, 0.05) is 36.5 Å². The molecule has 1 aromatic carbocycles. The molecule has 0 spiro atoms. The number of aromatic nitrogens is 3. The van der Waals surface area contributed by atoms with Crippen LogP contribution in [-0.4, -0.2) is 75.7 Å². The normalized spacial score (nSPS) is 22.9. The third-order valence-corrected chi connectivity index (χ3v) is 10.3. The van der Waals surface area contributed by atoms with Crippen LogP contribution < -0.4 is 9.64 Å². The number of hydrogen-bond donors (Lipinski definition) is 1. The molecule has 0 atom stereocenters. The minimum atomic E-state index is -0.468. The van der Waals surface area contributed by atoms with Crippen molar-refractivity contribution >= 4 is 17.8 Å². The van der Waals surface area contributed by atoms with Gasteiger partial charge in [-0.15, -0.1) is 0 Å². The summed E-state index contributed by atoms with van der Waals surface area (Å²) < 4.78 is 13.0. The molecule has 3 aliphatic rings. The average molecular weight is 655 g/mol. The van der Waals surface area contributed by atoms with Gasteiger partial charge < -0.3 is 19.5 Å². The highest BCUT2D eigenvalue weighted by Gasteiger charge is 2.36. The summed E-state index contributed by atoms with van der Waals surface area (Å²) in [6.45, 7) is 5.40. The number of pyridine rings is 1. The van der Waals surface area contributed by atoms with Crippen molar-refractivity contribution in [1.29, 1.82) is 5.26 Å². The number of benzene rings is 1. The Morgan fingerprint density at radius 1 is 1.04 bits per heavy atom. The van der Waals surface area contributed by atoms with E-state index in [0.29, 0.717) is 74.3 Å². The molecule has 11 heteroatoms. The number of rotatable bonds is 9. The van der Waals surface area contributed by atoms with Crippen LogP contribution >= 0.6 is 0 Å². The van der Waals surface area contributed by atoms with Crippen LogP contribution in [0.15, 0.2) is 48.9 Å². The maximum absolute atomic E-state index is 14.3. The summed E-state index contributed by atoms with van der Waals surface area (Å²) in [7, 11) is 1.58. The first-order chi connectivity index (χ1) is 23.2. The SMILES string of the molecule is COc1ccc([C@H]2CC[C@H](CN(c3cc(-c4cnn(C(C)C)c4)ccn3)C(=O)[C@H]3CC[C@H](OC(=O)N4CC(O)C4)CC3)CC2)cc1C#N. The predicted molar refractivity (Wildman–Crippen MR) is 180 cm³/mol. The Balaban J connectivity index is 1.15. The number of aliphatic hydroxyl groups excluding tert-OH is 1. The lowest BCUT2D eigenvalue weighted by atomic mass is 9.78. The number of hydrogen-bond acceptors (Lipinski definition) is 8. The van der Waals surface area contributed by atoms with Crippen LogP contribution in [0, 0.1) is 23.2 Å². The van der Waals surface area contributed by atoms with Gasteiger partial charge in [-0.05, 0) is 112 Å². The number of nitrogens with zero attached hydrogens (tertiary/aromatic N) is 6. The molecule has 3 fully saturated rings. The summed E-state index contributed by atoms with van der Waals surface area (Å²) in [4.78, 5) is 34.9. The fraction of sp³-hybridized carbons (Fsp3) is 0.541. The van der Waals surface area contributed by atoms with Crippen molar-refractivity contribution in [3.05, 3.63) is 60.0 Å². The number of anilines is 1. The Morgan fingerprint density at radius 2 is 1.79 bits per heavy atom. The molecular formula is C37H46N6O5. The summed E-state index contributed by atoms with van der Waals surface area (Å²) in [5, 5.41) is 23.6. The van der Waals surface area contributed by atoms with Gasteiger partial charge in [-0.1, -0.05) is 6.07 Å². The van der Waals surface area contributed by atoms with Crippen LogP contribution in [0.25, 0.3) is 11.1 Å². The fourth-order valence-electron chi connectivity index (χ4n) is 7.28. The van der Waals surface area contributed by atoms with Gasteiger partial charge in [0.1, 0.15) is 23.7 Å². The van der Waals surface area contributed by atoms with Crippen LogP contribution in [0.4, 0.5) is 10.6 Å². The number of aliphatic hydroxyl groups is 1. The summed E-state index contributed by atoms with van der Waals surface area (Å²) in [5.41, 5.74) is 3.67. The molecule has 2 saturated carbocycles. The minimum Gasteiger partial charge on any atom is -0.495 e. The summed E-state index contributed by atoms with van der Waals surface area (Å²) in [6.07, 6.45) is 11.0. The van der Waals surface area contributed by atoms with Crippen LogP contribution in [0.2, 0.25) is 0 Å². The molecule has 3 aromatic rings. The number of amides is 2. The maximum atomic E-state index is 14.3. The Bertz CT molecular complexity index is 1630. The molecule has 1 N–H and O–H groups in total. The van der Waals surface area contributed by atoms with E-state index in [0.717, 1.165) is 42.4 Å². The van der Waals surface area contributed by atoms with Crippen LogP contribution in [-0.2, 0) is 9.53 Å². The molecule has 2 aliphatic carbocycles. The average Bonchev–Trinajstić information content (AvgIpc) is 3.60. The van der Waals surface area contributed by atoms with Crippen molar-refractivity contribution in [3.8, 4) is 22.9 Å². The number of β-amino-alcohol motifs (C(OH)–C–C–N with tert-alkyl or cyclic N) is 1. The lowest BCUT2D eigenvalue weighted by Crippen LogP contribution is -2.54. The fourth-order valence-corrected chi connectivity index (χ4v) is 7.28. The standard InChI is InChI=1S/C37H46N6O5/c1-24(2)43-21-31(19-40-43)29-14-15-39-35(17-29)42(36(45)27-8-11-33(12-9-27)48-37(46)41-22-32(44)23-41)20-25-4-6-26(7-5-25)28-10-13-34(47-3)30(16-28)18-38/h10,13-17,19,21,24-27,32-33,44H,4-9,11-12,20,22-23H2,1-3H3/t25-,26-,27-,33-. The van der Waals surface area contributed by atoms with Crippen LogP contribution in [0.1, 0.15) is 88.3 Å². The lowest BCUT2D eigenvalue weighted by molar-refractivity contribution is -0.124. The summed E-state index contributed by atoms with van der Waals surface area (Å²) >= 11 is 0. The second-order valence-electron chi connectivity index (χ2n) is 13.9. The van der Waals surface area contributed by atoms with Gasteiger partial charge in [-0.3, -0.25) is 14.4 Å². The number of ether oxygens (including phenoxy) is 2. The first-order valence-electron chi connectivity index (χ1n) is 17.3. The molecule has 1 saturated heterocycles. The monoisotopic (exact) mass is 654 g/mol. The minimum absolute atomic E-state index is 0.0732. The Labute approximate surface area is 282 Å². The third-order valence-electron chi connectivity index (χ3n) is 10.3. The van der Waals surface area contributed by atoms with Crippen molar-refractivity contribution < 1.29 is 24.2 Å². The predicted octanol–water partition coefficient (Wildman–Crippen LogP) is 6.09. The quantitative estimate of drug-likeness (QED) is 0.293. The van der Waals surface area contributed by atoms with Crippen LogP contribution in [0.3, 0.4) is 0 Å². The zero-order valence-electron chi connectivity index (χ0n) is 28.1. The van der Waals surface area contributed by atoms with Crippen molar-refractivity contribution in [1.82, 2.24) is 19.7 Å². The highest BCUT2D eigenvalue weighted by molar-refractivity contribution is 5.94. The molecule has 2 aromatic heterocycles. The van der Waals surface area contributed by atoms with Gasteiger partial charge in [-0.25, -0.2) is 9.78 Å². The van der Waals surface area contributed by atoms with E-state index in [1.165, 1.54) is 4.90 Å². The van der Waals surface area contributed by atoms with Crippen molar-refractivity contribution in [2.75, 3.05) is 31.6 Å². The molecule has 3 heterocycles. The lowest BCUT2D eigenvalue weighted by Gasteiger charge is -2.38. The van der Waals surface area contributed by atoms with E-state index in [2.05, 4.69) is 31.1 Å². The van der Waals surface area contributed by atoms with E-state index in [1.54, 1.807) is 13.3 Å². The van der Waals surface area contributed by atoms with Gasteiger partial charge in [0.15, 0.2) is 0 Å². The highest BCUT2D eigenvalue weighted by Crippen LogP contribution is 2.39. The van der Waals surface area contributed by atoms with Crippen molar-refractivity contribution in [2.24, 2.45) is 11.8 Å². The second-order valence-corrected chi connectivity index (χ2v) is 13.9. The molecule has 1 aliphatic heterocycles. The summed E-state index contributed by atoms with van der Waals surface area (Å²) in [5.74, 6) is 1.82. The molecule has 0 unspecified atom stereocenters. The molecule has 6 rings (SSSR count). The van der Waals surface area contributed by atoms with E-state index >= 15 is 0 Å². The van der Waals surface area contributed by atoms with E-state index in [1.807, 2.05) is 46.2 Å². The molecule has 254 valence electrons. The Morgan fingerprint density at radius 3 is 2.44 bits per heavy atom. The Hall–Kier alpha value is -4.43. The van der Waals surface area contributed by atoms with Gasteiger partial charge in [0.05, 0.1) is 38.1 Å². The number of carbonyl (C=O) groups excluding carboxylic acids is 2. The Kier molecular flexibility index (Phi) is 10.3. The smallest absolute Gasteiger partial charge is 0.410 e. The van der Waals surface area contributed by atoms with E-state index in [4.69, 9.17) is 14.5 Å². The number of likely N-dealkylation sites (tertiary alicyclic amines) is 1. The molecule has 0 bridgehead atoms. The second kappa shape index (κ2) is 14.8. The van der Waals surface area contributed by atoms with Gasteiger partial charge in [0.2, 0.25) is 5.91 Å². The zero-order chi connectivity index (χ0) is 33.8. The molecule has 2 amide bonds. The van der Waals surface area contributed by atoms with E-state index in [-0.39, 0.29) is 30.1 Å². The number of methoxy groups -OCH3 is 1. The zero-order valence-corrected chi connectivity index (χ0v) is 28.1. The maximum Gasteiger partial charge on any atom is 0.410 e. The summed E-state index contributed by atoms with van der Waals surface area (Å²) in [6, 6.07) is 12.4. The molecule has 48 heavy (non-hydrogen) atoms. The number of nitriles is 1. The third kappa shape index (κ3) is 7.49. The van der Waals surface area contributed by atoms with E-state index < -0.39 is 6.10 Å². The van der Waals surface area contributed by atoms with Crippen molar-refractivity contribution in [2.45, 2.75) is 89.4 Å².